The summed E-state index contributed by atoms with van der Waals surface area (Å²) < 4.78 is 42.8. The lowest BCUT2D eigenvalue weighted by atomic mass is 10.1. The number of nitrogens with zero attached hydrogens (tertiary/aromatic N) is 1. The lowest BCUT2D eigenvalue weighted by Crippen LogP contribution is -2.15. The number of carboxylic acid groups (broad SMARTS) is 1. The number of rotatable bonds is 5. The molecular formula is C14H14F3NO3. The third-order valence-corrected chi connectivity index (χ3v) is 3.09. The van der Waals surface area contributed by atoms with Crippen molar-refractivity contribution in [1.29, 1.82) is 0 Å². The third-order valence-electron chi connectivity index (χ3n) is 3.09. The molecule has 1 N–H and O–H groups in total. The second-order valence-electron chi connectivity index (χ2n) is 4.78. The molecule has 0 aromatic heterocycles. The zero-order valence-electron chi connectivity index (χ0n) is 11.1. The zero-order valence-corrected chi connectivity index (χ0v) is 11.1. The summed E-state index contributed by atoms with van der Waals surface area (Å²) in [5.41, 5.74) is -0.0273. The summed E-state index contributed by atoms with van der Waals surface area (Å²) in [5.74, 6) is -0.458. The molecule has 1 aromatic rings. The summed E-state index contributed by atoms with van der Waals surface area (Å²) in [6.07, 6.45) is -3.92. The van der Waals surface area contributed by atoms with Crippen LogP contribution in [0.5, 0.6) is 0 Å². The minimum Gasteiger partial charge on any atom is -0.481 e. The molecule has 0 fully saturated rings. The summed E-state index contributed by atoms with van der Waals surface area (Å²) in [7, 11) is 0. The second-order valence-corrected chi connectivity index (χ2v) is 4.78. The van der Waals surface area contributed by atoms with Gasteiger partial charge in [0, 0.05) is 12.8 Å². The van der Waals surface area contributed by atoms with Crippen molar-refractivity contribution in [2.75, 3.05) is 6.54 Å². The van der Waals surface area contributed by atoms with Crippen LogP contribution in [0.15, 0.2) is 29.3 Å². The van der Waals surface area contributed by atoms with Gasteiger partial charge in [-0.3, -0.25) is 9.79 Å². The standard InChI is InChI=1S/C14H14F3NO3/c15-14(16,17)10-3-1-9(2-4-10)7-12-18-8-11(21-12)5-6-13(19)20/h1-4,11H,5-8H2,(H,19,20). The highest BCUT2D eigenvalue weighted by atomic mass is 19.4. The molecule has 2 rings (SSSR count). The number of benzene rings is 1. The molecule has 1 aliphatic rings. The molecule has 0 aliphatic carbocycles. The van der Waals surface area contributed by atoms with Crippen LogP contribution < -0.4 is 0 Å². The Morgan fingerprint density at radius 2 is 2.00 bits per heavy atom. The highest BCUT2D eigenvalue weighted by Gasteiger charge is 2.30. The van der Waals surface area contributed by atoms with Crippen LogP contribution in [0.25, 0.3) is 0 Å². The molecule has 1 aliphatic heterocycles. The normalized spacial score (nSPS) is 18.2. The van der Waals surface area contributed by atoms with E-state index in [1.165, 1.54) is 12.1 Å². The molecule has 0 radical (unpaired) electrons. The van der Waals surface area contributed by atoms with Gasteiger partial charge in [0.05, 0.1) is 12.1 Å². The van der Waals surface area contributed by atoms with Gasteiger partial charge in [-0.25, -0.2) is 0 Å². The molecule has 114 valence electrons. The highest BCUT2D eigenvalue weighted by molar-refractivity contribution is 5.80. The first-order valence-corrected chi connectivity index (χ1v) is 6.42. The quantitative estimate of drug-likeness (QED) is 0.909. The van der Waals surface area contributed by atoms with Crippen LogP contribution in [0, 0.1) is 0 Å². The molecule has 0 saturated carbocycles. The van der Waals surface area contributed by atoms with Gasteiger partial charge < -0.3 is 9.84 Å². The van der Waals surface area contributed by atoms with E-state index in [1.54, 1.807) is 0 Å². The second kappa shape index (κ2) is 6.15. The van der Waals surface area contributed by atoms with Crippen molar-refractivity contribution in [3.63, 3.8) is 0 Å². The fourth-order valence-electron chi connectivity index (χ4n) is 1.99. The van der Waals surface area contributed by atoms with E-state index in [0.717, 1.165) is 12.1 Å². The van der Waals surface area contributed by atoms with Gasteiger partial charge in [-0.05, 0) is 24.1 Å². The molecule has 0 saturated heterocycles. The van der Waals surface area contributed by atoms with Crippen molar-refractivity contribution < 1.29 is 27.8 Å². The Balaban J connectivity index is 1.87. The Bertz CT molecular complexity index is 537. The van der Waals surface area contributed by atoms with E-state index in [0.29, 0.717) is 30.8 Å². The number of alkyl halides is 3. The predicted octanol–water partition coefficient (Wildman–Crippen LogP) is 2.91. The van der Waals surface area contributed by atoms with Crippen LogP contribution in [0.4, 0.5) is 13.2 Å². The van der Waals surface area contributed by atoms with E-state index in [2.05, 4.69) is 4.99 Å². The van der Waals surface area contributed by atoms with Crippen LogP contribution in [0.1, 0.15) is 24.0 Å². The van der Waals surface area contributed by atoms with Gasteiger partial charge in [0.2, 0.25) is 0 Å². The van der Waals surface area contributed by atoms with Crippen molar-refractivity contribution in [3.05, 3.63) is 35.4 Å². The molecular weight excluding hydrogens is 287 g/mol. The lowest BCUT2D eigenvalue weighted by molar-refractivity contribution is -0.138. The number of hydrogen-bond acceptors (Lipinski definition) is 3. The van der Waals surface area contributed by atoms with Crippen LogP contribution in [0.3, 0.4) is 0 Å². The fourth-order valence-corrected chi connectivity index (χ4v) is 1.99. The number of aliphatic carboxylic acids is 1. The Labute approximate surface area is 119 Å². The molecule has 7 heteroatoms. The van der Waals surface area contributed by atoms with E-state index < -0.39 is 17.7 Å². The molecule has 0 spiro atoms. The maximum absolute atomic E-state index is 12.4. The third kappa shape index (κ3) is 4.47. The largest absolute Gasteiger partial charge is 0.481 e. The Hall–Kier alpha value is -2.05. The summed E-state index contributed by atoms with van der Waals surface area (Å²) in [4.78, 5) is 14.6. The molecule has 0 amide bonds. The molecule has 21 heavy (non-hydrogen) atoms. The molecule has 1 heterocycles. The van der Waals surface area contributed by atoms with Gasteiger partial charge in [-0.15, -0.1) is 0 Å². The predicted molar refractivity (Wildman–Crippen MR) is 69.2 cm³/mol. The lowest BCUT2D eigenvalue weighted by Gasteiger charge is -2.10. The highest BCUT2D eigenvalue weighted by Crippen LogP contribution is 2.29. The first-order valence-electron chi connectivity index (χ1n) is 6.42. The van der Waals surface area contributed by atoms with Crippen molar-refractivity contribution in [2.24, 2.45) is 4.99 Å². The Kier molecular flexibility index (Phi) is 4.50. The summed E-state index contributed by atoms with van der Waals surface area (Å²) in [6.45, 7) is 0.392. The van der Waals surface area contributed by atoms with Gasteiger partial charge in [0.15, 0.2) is 5.90 Å². The molecule has 0 bridgehead atoms. The van der Waals surface area contributed by atoms with E-state index in [-0.39, 0.29) is 12.5 Å². The van der Waals surface area contributed by atoms with Crippen LogP contribution in [-0.4, -0.2) is 29.6 Å². The number of aliphatic imine (C=N–C) groups is 1. The number of ether oxygens (including phenoxy) is 1. The van der Waals surface area contributed by atoms with Gasteiger partial charge in [-0.1, -0.05) is 12.1 Å². The minimum atomic E-state index is -4.35. The van der Waals surface area contributed by atoms with Gasteiger partial charge >= 0.3 is 12.1 Å². The average Bonchev–Trinajstić information content (AvgIpc) is 2.83. The van der Waals surface area contributed by atoms with Crippen LogP contribution >= 0.6 is 0 Å². The number of halogens is 3. The van der Waals surface area contributed by atoms with Gasteiger partial charge in [-0.2, -0.15) is 13.2 Å². The minimum absolute atomic E-state index is 0.00768. The number of carbonyl (C=O) groups is 1. The van der Waals surface area contributed by atoms with Crippen LogP contribution in [-0.2, 0) is 22.1 Å². The molecule has 1 aromatic carbocycles. The summed E-state index contributed by atoms with van der Waals surface area (Å²) in [6, 6.07) is 4.82. The van der Waals surface area contributed by atoms with E-state index in [9.17, 15) is 18.0 Å². The van der Waals surface area contributed by atoms with Gasteiger partial charge in [0.1, 0.15) is 6.10 Å². The van der Waals surface area contributed by atoms with Crippen molar-refractivity contribution >= 4 is 11.9 Å². The maximum atomic E-state index is 12.4. The topological polar surface area (TPSA) is 58.9 Å². The monoisotopic (exact) mass is 301 g/mol. The fraction of sp³-hybridized carbons (Fsp3) is 0.429. The average molecular weight is 301 g/mol. The first-order chi connectivity index (χ1) is 9.84. The van der Waals surface area contributed by atoms with Crippen molar-refractivity contribution in [3.8, 4) is 0 Å². The van der Waals surface area contributed by atoms with Crippen molar-refractivity contribution in [1.82, 2.24) is 0 Å². The molecule has 4 nitrogen and oxygen atoms in total. The zero-order chi connectivity index (χ0) is 15.5. The van der Waals surface area contributed by atoms with E-state index in [4.69, 9.17) is 9.84 Å². The number of hydrogen-bond donors (Lipinski definition) is 1. The number of carboxylic acids is 1. The van der Waals surface area contributed by atoms with E-state index in [1.807, 2.05) is 0 Å². The first kappa shape index (κ1) is 15.3. The summed E-state index contributed by atoms with van der Waals surface area (Å²) >= 11 is 0. The maximum Gasteiger partial charge on any atom is 0.416 e. The SMILES string of the molecule is O=C(O)CCC1CN=C(Cc2ccc(C(F)(F)F)cc2)O1. The summed E-state index contributed by atoms with van der Waals surface area (Å²) in [5, 5.41) is 8.58. The Morgan fingerprint density at radius 1 is 1.33 bits per heavy atom. The van der Waals surface area contributed by atoms with E-state index >= 15 is 0 Å². The Morgan fingerprint density at radius 3 is 2.57 bits per heavy atom. The van der Waals surface area contributed by atoms with Crippen molar-refractivity contribution in [2.45, 2.75) is 31.5 Å². The molecule has 1 atom stereocenters. The van der Waals surface area contributed by atoms with Gasteiger partial charge in [0.25, 0.3) is 0 Å². The molecule has 1 unspecified atom stereocenters. The smallest absolute Gasteiger partial charge is 0.416 e. The van der Waals surface area contributed by atoms with Crippen LogP contribution in [0.2, 0.25) is 0 Å².